The zero-order chi connectivity index (χ0) is 18.3. The Hall–Kier alpha value is -3.32. The molecule has 1 heteroatoms. The molecule has 5 rings (SSSR count). The topological polar surface area (TPSA) is 9.23 Å². The maximum absolute atomic E-state index is 6.87. The largest absolute Gasteiger partial charge is 0.472 e. The third kappa shape index (κ3) is 2.47. The third-order valence-electron chi connectivity index (χ3n) is 5.40. The fourth-order valence-corrected chi connectivity index (χ4v) is 4.05. The van der Waals surface area contributed by atoms with E-state index in [1.165, 1.54) is 10.9 Å². The molecule has 27 heavy (non-hydrogen) atoms. The second-order valence-corrected chi connectivity index (χ2v) is 7.06. The maximum Gasteiger partial charge on any atom is 0.178 e. The van der Waals surface area contributed by atoms with E-state index in [0.717, 1.165) is 27.8 Å². The van der Waals surface area contributed by atoms with Crippen LogP contribution >= 0.6 is 0 Å². The second kappa shape index (κ2) is 6.14. The number of ether oxygens (including phenoxy) is 1. The molecule has 0 saturated carbocycles. The van der Waals surface area contributed by atoms with E-state index in [2.05, 4.69) is 97.9 Å². The number of aryl methyl sites for hydroxylation is 1. The van der Waals surface area contributed by atoms with Gasteiger partial charge in [0, 0.05) is 22.1 Å². The first kappa shape index (κ1) is 15.9. The molecule has 1 heterocycles. The molecule has 0 spiro atoms. The SMILES string of the molecule is Cc1cc2c(c3ccccc13)OC(c1ccccc1)(c1ccccc1)C=C2. The van der Waals surface area contributed by atoms with Crippen molar-refractivity contribution in [3.05, 3.63) is 119 Å². The Balaban J connectivity index is 1.79. The number of fused-ring (bicyclic) bond motifs is 3. The van der Waals surface area contributed by atoms with E-state index in [4.69, 9.17) is 4.74 Å². The van der Waals surface area contributed by atoms with Crippen molar-refractivity contribution < 1.29 is 4.74 Å². The van der Waals surface area contributed by atoms with Crippen molar-refractivity contribution in [3.8, 4) is 5.75 Å². The molecule has 0 saturated heterocycles. The van der Waals surface area contributed by atoms with E-state index in [1.807, 2.05) is 12.1 Å². The van der Waals surface area contributed by atoms with Gasteiger partial charge in [-0.15, -0.1) is 0 Å². The van der Waals surface area contributed by atoms with E-state index in [9.17, 15) is 0 Å². The zero-order valence-electron chi connectivity index (χ0n) is 15.2. The molecule has 0 aliphatic carbocycles. The molecule has 0 bridgehead atoms. The first-order valence-corrected chi connectivity index (χ1v) is 9.29. The van der Waals surface area contributed by atoms with Crippen LogP contribution < -0.4 is 4.74 Å². The number of rotatable bonds is 2. The minimum absolute atomic E-state index is 0.631. The standard InChI is InChI=1S/C26H20O/c1-19-18-20-16-17-26(21-10-4-2-5-11-21,22-12-6-3-7-13-22)27-25(20)24-15-9-8-14-23(19)24/h2-18H,1H3. The summed E-state index contributed by atoms with van der Waals surface area (Å²) < 4.78 is 6.87. The van der Waals surface area contributed by atoms with E-state index in [-0.39, 0.29) is 0 Å². The van der Waals surface area contributed by atoms with E-state index in [1.54, 1.807) is 0 Å². The molecule has 0 N–H and O–H groups in total. The third-order valence-corrected chi connectivity index (χ3v) is 5.40. The first-order valence-electron chi connectivity index (χ1n) is 9.29. The Kier molecular flexibility index (Phi) is 3.61. The molecule has 0 atom stereocenters. The maximum atomic E-state index is 6.87. The molecule has 0 amide bonds. The Morgan fingerprint density at radius 3 is 1.85 bits per heavy atom. The molecule has 4 aromatic carbocycles. The summed E-state index contributed by atoms with van der Waals surface area (Å²) in [5.74, 6) is 0.950. The molecular formula is C26H20O. The van der Waals surface area contributed by atoms with Crippen LogP contribution in [0, 0.1) is 6.92 Å². The highest BCUT2D eigenvalue weighted by atomic mass is 16.5. The monoisotopic (exact) mass is 348 g/mol. The van der Waals surface area contributed by atoms with Crippen molar-refractivity contribution in [1.29, 1.82) is 0 Å². The van der Waals surface area contributed by atoms with Crippen LogP contribution in [-0.2, 0) is 5.60 Å². The van der Waals surface area contributed by atoms with E-state index < -0.39 is 5.60 Å². The Morgan fingerprint density at radius 2 is 1.22 bits per heavy atom. The summed E-state index contributed by atoms with van der Waals surface area (Å²) in [7, 11) is 0. The van der Waals surface area contributed by atoms with Crippen molar-refractivity contribution in [1.82, 2.24) is 0 Å². The molecule has 130 valence electrons. The highest BCUT2D eigenvalue weighted by molar-refractivity contribution is 5.95. The van der Waals surface area contributed by atoms with Gasteiger partial charge in [0.05, 0.1) is 0 Å². The smallest absolute Gasteiger partial charge is 0.178 e. The van der Waals surface area contributed by atoms with Crippen molar-refractivity contribution in [3.63, 3.8) is 0 Å². The van der Waals surface area contributed by atoms with Gasteiger partial charge in [0.15, 0.2) is 5.60 Å². The normalized spacial score (nSPS) is 14.6. The average Bonchev–Trinajstić information content (AvgIpc) is 2.75. The fraction of sp³-hybridized carbons (Fsp3) is 0.0769. The summed E-state index contributed by atoms with van der Waals surface area (Å²) in [5, 5.41) is 2.40. The van der Waals surface area contributed by atoms with Crippen molar-refractivity contribution in [2.75, 3.05) is 0 Å². The Morgan fingerprint density at radius 1 is 0.667 bits per heavy atom. The molecular weight excluding hydrogens is 328 g/mol. The van der Waals surface area contributed by atoms with Crippen LogP contribution in [-0.4, -0.2) is 0 Å². The van der Waals surface area contributed by atoms with Crippen molar-refractivity contribution in [2.24, 2.45) is 0 Å². The molecule has 0 aromatic heterocycles. The predicted octanol–water partition coefficient (Wildman–Crippen LogP) is 6.50. The van der Waals surface area contributed by atoms with Crippen LogP contribution in [0.5, 0.6) is 5.75 Å². The van der Waals surface area contributed by atoms with Crippen molar-refractivity contribution >= 4 is 16.8 Å². The molecule has 4 aromatic rings. The summed E-state index contributed by atoms with van der Waals surface area (Å²) in [6, 6.07) is 31.6. The van der Waals surface area contributed by atoms with Gasteiger partial charge in [-0.3, -0.25) is 0 Å². The van der Waals surface area contributed by atoms with Gasteiger partial charge in [-0.25, -0.2) is 0 Å². The number of hydrogen-bond donors (Lipinski definition) is 0. The van der Waals surface area contributed by atoms with Gasteiger partial charge in [-0.2, -0.15) is 0 Å². The minimum atomic E-state index is -0.631. The molecule has 0 radical (unpaired) electrons. The lowest BCUT2D eigenvalue weighted by molar-refractivity contribution is 0.163. The first-order chi connectivity index (χ1) is 13.3. The fourth-order valence-electron chi connectivity index (χ4n) is 4.05. The van der Waals surface area contributed by atoms with Gasteiger partial charge in [-0.1, -0.05) is 91.0 Å². The lowest BCUT2D eigenvalue weighted by Gasteiger charge is -2.36. The van der Waals surface area contributed by atoms with Gasteiger partial charge < -0.3 is 4.74 Å². The van der Waals surface area contributed by atoms with Gasteiger partial charge in [-0.05, 0) is 30.0 Å². The second-order valence-electron chi connectivity index (χ2n) is 7.06. The Labute approximate surface area is 159 Å². The van der Waals surface area contributed by atoms with Crippen LogP contribution in [0.4, 0.5) is 0 Å². The average molecular weight is 348 g/mol. The van der Waals surface area contributed by atoms with Crippen LogP contribution in [0.3, 0.4) is 0 Å². The lowest BCUT2D eigenvalue weighted by atomic mass is 9.83. The molecule has 0 fully saturated rings. The van der Waals surface area contributed by atoms with Gasteiger partial charge in [0.1, 0.15) is 5.75 Å². The summed E-state index contributed by atoms with van der Waals surface area (Å²) in [4.78, 5) is 0. The molecule has 0 unspecified atom stereocenters. The zero-order valence-corrected chi connectivity index (χ0v) is 15.2. The summed E-state index contributed by atoms with van der Waals surface area (Å²) >= 11 is 0. The van der Waals surface area contributed by atoms with Gasteiger partial charge in [0.2, 0.25) is 0 Å². The predicted molar refractivity (Wildman–Crippen MR) is 112 cm³/mol. The van der Waals surface area contributed by atoms with Crippen LogP contribution in [0.2, 0.25) is 0 Å². The molecule has 1 aliphatic heterocycles. The van der Waals surface area contributed by atoms with Gasteiger partial charge in [0.25, 0.3) is 0 Å². The van der Waals surface area contributed by atoms with Crippen molar-refractivity contribution in [2.45, 2.75) is 12.5 Å². The summed E-state index contributed by atoms with van der Waals surface area (Å²) in [5.41, 5.74) is 4.02. The lowest BCUT2D eigenvalue weighted by Crippen LogP contribution is -2.34. The Bertz CT molecular complexity index is 1100. The number of benzene rings is 4. The highest BCUT2D eigenvalue weighted by Crippen LogP contribution is 2.45. The highest BCUT2D eigenvalue weighted by Gasteiger charge is 2.37. The van der Waals surface area contributed by atoms with Crippen LogP contribution in [0.15, 0.2) is 97.1 Å². The summed E-state index contributed by atoms with van der Waals surface area (Å²) in [6.07, 6.45) is 4.40. The van der Waals surface area contributed by atoms with Crippen LogP contribution in [0.1, 0.15) is 22.3 Å². The van der Waals surface area contributed by atoms with Crippen LogP contribution in [0.25, 0.3) is 16.8 Å². The van der Waals surface area contributed by atoms with E-state index >= 15 is 0 Å². The van der Waals surface area contributed by atoms with Gasteiger partial charge >= 0.3 is 0 Å². The molecule has 1 nitrogen and oxygen atoms in total. The molecule has 1 aliphatic rings. The minimum Gasteiger partial charge on any atom is -0.472 e. The quantitative estimate of drug-likeness (QED) is 0.402. The summed E-state index contributed by atoms with van der Waals surface area (Å²) in [6.45, 7) is 2.16. The van der Waals surface area contributed by atoms with E-state index in [0.29, 0.717) is 0 Å². The number of hydrogen-bond acceptors (Lipinski definition) is 1.